The van der Waals surface area contributed by atoms with Crippen LogP contribution in [-0.4, -0.2) is 67.0 Å². The van der Waals surface area contributed by atoms with Crippen LogP contribution in [0.25, 0.3) is 0 Å². The molecule has 31 heavy (non-hydrogen) atoms. The summed E-state index contributed by atoms with van der Waals surface area (Å²) in [6.07, 6.45) is 1.79. The van der Waals surface area contributed by atoms with Crippen molar-refractivity contribution in [2.45, 2.75) is 51.7 Å². The molecule has 0 aliphatic carbocycles. The van der Waals surface area contributed by atoms with Gasteiger partial charge in [-0.1, -0.05) is 19.9 Å². The number of hydrogen-bond donors (Lipinski definition) is 3. The summed E-state index contributed by atoms with van der Waals surface area (Å²) in [4.78, 5) is 25.5. The number of nitrogens with zero attached hydrogens (tertiary/aromatic N) is 1. The maximum absolute atomic E-state index is 11.8. The zero-order valence-corrected chi connectivity index (χ0v) is 19.1. The topological polar surface area (TPSA) is 100 Å². The number of amides is 2. The first-order valence-electron chi connectivity index (χ1n) is 10.8. The predicted octanol–water partition coefficient (Wildman–Crippen LogP) is 2.58. The first-order valence-corrected chi connectivity index (χ1v) is 10.8. The van der Waals surface area contributed by atoms with E-state index in [4.69, 9.17) is 9.47 Å². The minimum Gasteiger partial charge on any atom is -0.490 e. The molecule has 1 aromatic carbocycles. The van der Waals surface area contributed by atoms with Crippen LogP contribution in [0, 0.1) is 5.92 Å². The average molecular weight is 456 g/mol. The van der Waals surface area contributed by atoms with Crippen LogP contribution in [-0.2, 0) is 16.0 Å². The number of alkyl carbamates (subject to hydrolysis) is 1. The molecule has 1 saturated heterocycles. The molecule has 2 amide bonds. The van der Waals surface area contributed by atoms with Gasteiger partial charge in [-0.2, -0.15) is 0 Å². The number of ether oxygens (including phenoxy) is 2. The average Bonchev–Trinajstić information content (AvgIpc) is 2.72. The van der Waals surface area contributed by atoms with Gasteiger partial charge >= 0.3 is 6.09 Å². The van der Waals surface area contributed by atoms with E-state index in [2.05, 4.69) is 15.5 Å². The summed E-state index contributed by atoms with van der Waals surface area (Å²) in [5.74, 6) is 1.06. The molecule has 3 rings (SSSR count). The predicted molar refractivity (Wildman–Crippen MR) is 121 cm³/mol. The van der Waals surface area contributed by atoms with Crippen LogP contribution in [0.15, 0.2) is 18.2 Å². The molecular formula is C22H34ClN3O5. The van der Waals surface area contributed by atoms with E-state index in [1.165, 1.54) is 0 Å². The quantitative estimate of drug-likeness (QED) is 0.557. The highest BCUT2D eigenvalue weighted by molar-refractivity contribution is 5.94. The maximum atomic E-state index is 11.8. The van der Waals surface area contributed by atoms with Crippen molar-refractivity contribution in [1.29, 1.82) is 0 Å². The highest BCUT2D eigenvalue weighted by atomic mass is 35.5. The normalized spacial score (nSPS) is 17.9. The Bertz CT molecular complexity index is 738. The largest absolute Gasteiger partial charge is 0.490 e. The number of fused-ring (bicyclic) bond motifs is 1. The number of piperidine rings is 1. The Hall–Kier alpha value is -2.03. The van der Waals surface area contributed by atoms with Crippen molar-refractivity contribution in [3.63, 3.8) is 0 Å². The van der Waals surface area contributed by atoms with Crippen LogP contribution in [0.1, 0.15) is 38.7 Å². The van der Waals surface area contributed by atoms with Crippen molar-refractivity contribution in [2.75, 3.05) is 38.2 Å². The fourth-order valence-electron chi connectivity index (χ4n) is 3.77. The van der Waals surface area contributed by atoms with Crippen LogP contribution in [0.4, 0.5) is 10.5 Å². The molecule has 0 bridgehead atoms. The van der Waals surface area contributed by atoms with Gasteiger partial charge in [0.1, 0.15) is 18.5 Å². The summed E-state index contributed by atoms with van der Waals surface area (Å²) in [6, 6.07) is 5.70. The molecule has 0 saturated carbocycles. The maximum Gasteiger partial charge on any atom is 0.407 e. The summed E-state index contributed by atoms with van der Waals surface area (Å²) in [5, 5.41) is 16.2. The molecule has 9 heteroatoms. The van der Waals surface area contributed by atoms with Crippen LogP contribution < -0.4 is 15.4 Å². The van der Waals surface area contributed by atoms with Crippen molar-refractivity contribution < 1.29 is 24.2 Å². The van der Waals surface area contributed by atoms with Crippen molar-refractivity contribution in [2.24, 2.45) is 5.92 Å². The summed E-state index contributed by atoms with van der Waals surface area (Å²) >= 11 is 0. The minimum absolute atomic E-state index is 0. The number of anilines is 1. The molecule has 3 N–H and O–H groups in total. The van der Waals surface area contributed by atoms with E-state index in [1.807, 2.05) is 32.0 Å². The number of likely N-dealkylation sites (tertiary alicyclic amines) is 1. The lowest BCUT2D eigenvalue weighted by molar-refractivity contribution is -0.116. The van der Waals surface area contributed by atoms with Gasteiger partial charge in [-0.3, -0.25) is 4.79 Å². The van der Waals surface area contributed by atoms with Gasteiger partial charge in [-0.05, 0) is 37.3 Å². The van der Waals surface area contributed by atoms with E-state index in [-0.39, 0.29) is 37.1 Å². The molecule has 174 valence electrons. The fourth-order valence-corrected chi connectivity index (χ4v) is 3.77. The molecular weight excluding hydrogens is 422 g/mol. The Labute approximate surface area is 190 Å². The molecule has 2 aliphatic rings. The molecule has 2 aliphatic heterocycles. The first-order chi connectivity index (χ1) is 14.4. The SMILES string of the molecule is CC(C)COC(=O)NC1CCN(CC(O)COc2cccc3c2CCC(=O)N3)CC1.Cl. The zero-order chi connectivity index (χ0) is 21.5. The summed E-state index contributed by atoms with van der Waals surface area (Å²) < 4.78 is 11.0. The number of rotatable bonds is 8. The number of nitrogens with one attached hydrogen (secondary N) is 2. The van der Waals surface area contributed by atoms with Crippen LogP contribution in [0.2, 0.25) is 0 Å². The van der Waals surface area contributed by atoms with Gasteiger partial charge in [0.05, 0.1) is 6.61 Å². The van der Waals surface area contributed by atoms with E-state index >= 15 is 0 Å². The number of aliphatic hydroxyl groups excluding tert-OH is 1. The lowest BCUT2D eigenvalue weighted by atomic mass is 10.0. The number of aliphatic hydroxyl groups is 1. The third kappa shape index (κ3) is 7.87. The van der Waals surface area contributed by atoms with E-state index in [0.717, 1.165) is 42.9 Å². The monoisotopic (exact) mass is 455 g/mol. The molecule has 1 fully saturated rings. The van der Waals surface area contributed by atoms with Gasteiger partial charge in [0.2, 0.25) is 5.91 Å². The van der Waals surface area contributed by atoms with Gasteiger partial charge in [0.25, 0.3) is 0 Å². The summed E-state index contributed by atoms with van der Waals surface area (Å²) in [7, 11) is 0. The van der Waals surface area contributed by atoms with Crippen molar-refractivity contribution in [3.05, 3.63) is 23.8 Å². The second-order valence-electron chi connectivity index (χ2n) is 8.51. The zero-order valence-electron chi connectivity index (χ0n) is 18.3. The lowest BCUT2D eigenvalue weighted by Gasteiger charge is -2.33. The Balaban J connectivity index is 0.00000341. The summed E-state index contributed by atoms with van der Waals surface area (Å²) in [6.45, 7) is 6.77. The third-order valence-corrected chi connectivity index (χ3v) is 5.37. The van der Waals surface area contributed by atoms with Crippen molar-refractivity contribution in [3.8, 4) is 5.75 Å². The van der Waals surface area contributed by atoms with Gasteiger partial charge < -0.3 is 30.1 Å². The molecule has 1 aromatic rings. The van der Waals surface area contributed by atoms with Crippen LogP contribution >= 0.6 is 12.4 Å². The van der Waals surface area contributed by atoms with Gasteiger partial charge in [-0.25, -0.2) is 4.79 Å². The number of carbonyl (C=O) groups excluding carboxylic acids is 2. The third-order valence-electron chi connectivity index (χ3n) is 5.37. The molecule has 0 aromatic heterocycles. The highest BCUT2D eigenvalue weighted by Gasteiger charge is 2.24. The van der Waals surface area contributed by atoms with E-state index in [0.29, 0.717) is 31.9 Å². The number of benzene rings is 1. The molecule has 8 nitrogen and oxygen atoms in total. The molecule has 0 radical (unpaired) electrons. The molecule has 1 atom stereocenters. The Morgan fingerprint density at radius 3 is 2.71 bits per heavy atom. The molecule has 0 spiro atoms. The van der Waals surface area contributed by atoms with Gasteiger partial charge in [-0.15, -0.1) is 12.4 Å². The second kappa shape index (κ2) is 12.1. The Morgan fingerprint density at radius 1 is 1.26 bits per heavy atom. The Kier molecular flexibility index (Phi) is 9.87. The highest BCUT2D eigenvalue weighted by Crippen LogP contribution is 2.31. The minimum atomic E-state index is -0.612. The number of β-amino-alcohol motifs (C(OH)–C–C–N with tert-alkyl or cyclic N) is 1. The van der Waals surface area contributed by atoms with E-state index < -0.39 is 6.10 Å². The standard InChI is InChI=1S/C22H33N3O5.ClH/c1-15(2)13-30-22(28)23-16-8-10-25(11-9-16)12-17(26)14-29-20-5-3-4-19-18(20)6-7-21(27)24-19;/h3-5,15-17,26H,6-14H2,1-2H3,(H,23,28)(H,24,27);1H. The number of hydrogen-bond acceptors (Lipinski definition) is 6. The van der Waals surface area contributed by atoms with Crippen molar-refractivity contribution in [1.82, 2.24) is 10.2 Å². The smallest absolute Gasteiger partial charge is 0.407 e. The van der Waals surface area contributed by atoms with Crippen LogP contribution in [0.5, 0.6) is 5.75 Å². The van der Waals surface area contributed by atoms with Gasteiger partial charge in [0, 0.05) is 43.3 Å². The number of halogens is 1. The lowest BCUT2D eigenvalue weighted by Crippen LogP contribution is -2.47. The first kappa shape index (κ1) is 25.2. The van der Waals surface area contributed by atoms with E-state index in [1.54, 1.807) is 0 Å². The Morgan fingerprint density at radius 2 is 2.00 bits per heavy atom. The second-order valence-corrected chi connectivity index (χ2v) is 8.51. The summed E-state index contributed by atoms with van der Waals surface area (Å²) in [5.41, 5.74) is 1.78. The number of carbonyl (C=O) groups is 2. The van der Waals surface area contributed by atoms with Gasteiger partial charge in [0.15, 0.2) is 0 Å². The molecule has 2 heterocycles. The van der Waals surface area contributed by atoms with E-state index in [9.17, 15) is 14.7 Å². The van der Waals surface area contributed by atoms with Crippen LogP contribution in [0.3, 0.4) is 0 Å². The fraction of sp³-hybridized carbons (Fsp3) is 0.636. The molecule has 1 unspecified atom stereocenters. The van der Waals surface area contributed by atoms with Crippen molar-refractivity contribution >= 4 is 30.1 Å².